The van der Waals surface area contributed by atoms with Crippen LogP contribution in [0.15, 0.2) is 0 Å². The van der Waals surface area contributed by atoms with Gasteiger partial charge in [0.1, 0.15) is 0 Å². The third-order valence-corrected chi connectivity index (χ3v) is 5.73. The van der Waals surface area contributed by atoms with E-state index < -0.39 is 10.0 Å². The first-order valence-corrected chi connectivity index (χ1v) is 8.57. The molecule has 1 saturated heterocycles. The summed E-state index contributed by atoms with van der Waals surface area (Å²) in [6.07, 6.45) is 1.98. The monoisotopic (exact) mass is 276 g/mol. The summed E-state index contributed by atoms with van der Waals surface area (Å²) >= 11 is 0. The van der Waals surface area contributed by atoms with Crippen LogP contribution in [0.1, 0.15) is 40.5 Å². The van der Waals surface area contributed by atoms with Gasteiger partial charge in [0.25, 0.3) is 0 Å². The average molecular weight is 276 g/mol. The fraction of sp³-hybridized carbons (Fsp3) is 1.00. The van der Waals surface area contributed by atoms with Crippen LogP contribution in [0.5, 0.6) is 0 Å². The molecule has 1 aliphatic heterocycles. The van der Waals surface area contributed by atoms with Crippen LogP contribution in [-0.2, 0) is 10.0 Å². The Bertz CT molecular complexity index is 338. The molecule has 4 nitrogen and oxygen atoms in total. The predicted molar refractivity (Wildman–Crippen MR) is 76.1 cm³/mol. The van der Waals surface area contributed by atoms with Crippen molar-refractivity contribution in [1.82, 2.24) is 9.62 Å². The molecule has 1 aliphatic rings. The molecule has 0 amide bonds. The lowest BCUT2D eigenvalue weighted by Gasteiger charge is -2.38. The molecule has 0 aromatic heterocycles. The molecular weight excluding hydrogens is 248 g/mol. The molecule has 0 unspecified atom stereocenters. The first-order valence-electron chi connectivity index (χ1n) is 6.96. The molecule has 1 N–H and O–H groups in total. The van der Waals surface area contributed by atoms with Gasteiger partial charge in [-0.2, -0.15) is 0 Å². The second-order valence-electron chi connectivity index (χ2n) is 6.21. The molecule has 1 heterocycles. The van der Waals surface area contributed by atoms with Crippen LogP contribution in [-0.4, -0.2) is 44.7 Å². The molecule has 0 saturated carbocycles. The van der Waals surface area contributed by atoms with Gasteiger partial charge in [0, 0.05) is 19.6 Å². The summed E-state index contributed by atoms with van der Waals surface area (Å²) in [4.78, 5) is 0. The summed E-state index contributed by atoms with van der Waals surface area (Å²) in [5.74, 6) is 0.860. The Kier molecular flexibility index (Phi) is 5.62. The molecule has 0 atom stereocenters. The van der Waals surface area contributed by atoms with E-state index in [4.69, 9.17) is 0 Å². The van der Waals surface area contributed by atoms with E-state index in [0.29, 0.717) is 31.0 Å². The molecule has 0 aromatic rings. The predicted octanol–water partition coefficient (Wildman–Crippen LogP) is 1.68. The highest BCUT2D eigenvalue weighted by atomic mass is 32.2. The second kappa shape index (κ2) is 6.35. The van der Waals surface area contributed by atoms with Crippen LogP contribution in [0.3, 0.4) is 0 Å². The number of rotatable bonds is 5. The van der Waals surface area contributed by atoms with Gasteiger partial charge in [0.15, 0.2) is 0 Å². The molecule has 0 bridgehead atoms. The van der Waals surface area contributed by atoms with Crippen molar-refractivity contribution in [1.29, 1.82) is 0 Å². The van der Waals surface area contributed by atoms with Crippen LogP contribution in [0, 0.1) is 11.3 Å². The van der Waals surface area contributed by atoms with E-state index in [1.54, 1.807) is 4.31 Å². The fourth-order valence-electron chi connectivity index (χ4n) is 2.51. The van der Waals surface area contributed by atoms with Crippen molar-refractivity contribution in [2.24, 2.45) is 11.3 Å². The zero-order valence-corrected chi connectivity index (χ0v) is 13.0. The largest absolute Gasteiger partial charge is 0.316 e. The minimum atomic E-state index is -3.05. The maximum absolute atomic E-state index is 12.1. The van der Waals surface area contributed by atoms with E-state index in [9.17, 15) is 8.42 Å². The molecule has 1 rings (SSSR count). The number of sulfonamides is 1. The van der Waals surface area contributed by atoms with Crippen molar-refractivity contribution >= 4 is 10.0 Å². The smallest absolute Gasteiger partial charge is 0.215 e. The summed E-state index contributed by atoms with van der Waals surface area (Å²) in [7, 11) is -3.05. The van der Waals surface area contributed by atoms with Gasteiger partial charge in [-0.3, -0.25) is 0 Å². The Hall–Kier alpha value is -0.130. The third kappa shape index (κ3) is 4.52. The zero-order valence-electron chi connectivity index (χ0n) is 12.2. The highest BCUT2D eigenvalue weighted by Crippen LogP contribution is 2.34. The van der Waals surface area contributed by atoms with Crippen molar-refractivity contribution < 1.29 is 8.42 Å². The Labute approximate surface area is 112 Å². The topological polar surface area (TPSA) is 49.4 Å². The molecule has 108 valence electrons. The number of hydrogen-bond donors (Lipinski definition) is 1. The molecule has 0 aliphatic carbocycles. The SMILES string of the molecule is CCNCCS(=O)(=O)N1CCC(C(C)(C)C)CC1. The Morgan fingerprint density at radius 2 is 1.78 bits per heavy atom. The fourth-order valence-corrected chi connectivity index (χ4v) is 3.93. The van der Waals surface area contributed by atoms with E-state index in [1.165, 1.54) is 0 Å². The van der Waals surface area contributed by atoms with Gasteiger partial charge in [0.05, 0.1) is 5.75 Å². The first kappa shape index (κ1) is 15.9. The molecule has 1 fully saturated rings. The summed E-state index contributed by atoms with van der Waals surface area (Å²) < 4.78 is 25.9. The Morgan fingerprint density at radius 3 is 2.22 bits per heavy atom. The summed E-state index contributed by atoms with van der Waals surface area (Å²) in [5, 5.41) is 3.07. The van der Waals surface area contributed by atoms with Crippen LogP contribution < -0.4 is 5.32 Å². The quantitative estimate of drug-likeness (QED) is 0.777. The normalized spacial score (nSPS) is 20.2. The summed E-state index contributed by atoms with van der Waals surface area (Å²) in [6, 6.07) is 0. The molecule has 18 heavy (non-hydrogen) atoms. The van der Waals surface area contributed by atoms with Gasteiger partial charge in [-0.05, 0) is 30.7 Å². The maximum atomic E-state index is 12.1. The van der Waals surface area contributed by atoms with Crippen molar-refractivity contribution in [3.8, 4) is 0 Å². The molecule has 5 heteroatoms. The number of hydrogen-bond acceptors (Lipinski definition) is 3. The van der Waals surface area contributed by atoms with Crippen molar-refractivity contribution in [3.05, 3.63) is 0 Å². The lowest BCUT2D eigenvalue weighted by atomic mass is 9.76. The van der Waals surface area contributed by atoms with Crippen molar-refractivity contribution in [2.75, 3.05) is 31.9 Å². The zero-order chi connectivity index (χ0) is 13.8. The van der Waals surface area contributed by atoms with Gasteiger partial charge in [0.2, 0.25) is 10.0 Å². The second-order valence-corrected chi connectivity index (χ2v) is 8.30. The van der Waals surface area contributed by atoms with Gasteiger partial charge >= 0.3 is 0 Å². The van der Waals surface area contributed by atoms with Crippen molar-refractivity contribution in [3.63, 3.8) is 0 Å². The summed E-state index contributed by atoms with van der Waals surface area (Å²) in [6.45, 7) is 11.5. The highest BCUT2D eigenvalue weighted by Gasteiger charge is 2.32. The van der Waals surface area contributed by atoms with Crippen LogP contribution in [0.4, 0.5) is 0 Å². The molecule has 0 radical (unpaired) electrons. The Morgan fingerprint density at radius 1 is 1.22 bits per heavy atom. The maximum Gasteiger partial charge on any atom is 0.215 e. The molecule has 0 aromatic carbocycles. The minimum Gasteiger partial charge on any atom is -0.316 e. The van der Waals surface area contributed by atoms with Gasteiger partial charge in [-0.25, -0.2) is 12.7 Å². The van der Waals surface area contributed by atoms with Crippen LogP contribution >= 0.6 is 0 Å². The van der Waals surface area contributed by atoms with E-state index in [0.717, 1.165) is 19.4 Å². The first-order chi connectivity index (χ1) is 8.27. The number of piperidine rings is 1. The van der Waals surface area contributed by atoms with E-state index in [1.807, 2.05) is 6.92 Å². The standard InChI is InChI=1S/C13H28N2O2S/c1-5-14-8-11-18(16,17)15-9-6-12(7-10-15)13(2,3)4/h12,14H,5-11H2,1-4H3. The minimum absolute atomic E-state index is 0.223. The Balaban J connectivity index is 2.47. The van der Waals surface area contributed by atoms with Gasteiger partial charge in [-0.15, -0.1) is 0 Å². The number of nitrogens with zero attached hydrogens (tertiary/aromatic N) is 1. The molecular formula is C13H28N2O2S. The van der Waals surface area contributed by atoms with Crippen LogP contribution in [0.25, 0.3) is 0 Å². The lowest BCUT2D eigenvalue weighted by Crippen LogP contribution is -2.43. The van der Waals surface area contributed by atoms with Gasteiger partial charge < -0.3 is 5.32 Å². The van der Waals surface area contributed by atoms with E-state index in [2.05, 4.69) is 26.1 Å². The van der Waals surface area contributed by atoms with Crippen LogP contribution in [0.2, 0.25) is 0 Å². The van der Waals surface area contributed by atoms with E-state index in [-0.39, 0.29) is 5.75 Å². The number of nitrogens with one attached hydrogen (secondary N) is 1. The average Bonchev–Trinajstić information content (AvgIpc) is 2.28. The lowest BCUT2D eigenvalue weighted by molar-refractivity contribution is 0.154. The highest BCUT2D eigenvalue weighted by molar-refractivity contribution is 7.89. The third-order valence-electron chi connectivity index (χ3n) is 3.86. The van der Waals surface area contributed by atoms with Crippen molar-refractivity contribution in [2.45, 2.75) is 40.5 Å². The van der Waals surface area contributed by atoms with Gasteiger partial charge in [-0.1, -0.05) is 27.7 Å². The van der Waals surface area contributed by atoms with E-state index >= 15 is 0 Å². The summed E-state index contributed by atoms with van der Waals surface area (Å²) in [5.41, 5.74) is 0.291. The molecule has 0 spiro atoms.